The van der Waals surface area contributed by atoms with E-state index < -0.39 is 11.8 Å². The van der Waals surface area contributed by atoms with Crippen LogP contribution < -0.4 is 9.64 Å². The lowest BCUT2D eigenvalue weighted by atomic mass is 9.81. The van der Waals surface area contributed by atoms with Crippen molar-refractivity contribution >= 4 is 34.4 Å². The number of piperazine rings is 1. The van der Waals surface area contributed by atoms with E-state index in [1.54, 1.807) is 30.3 Å². The van der Waals surface area contributed by atoms with Gasteiger partial charge in [-0.15, -0.1) is 0 Å². The number of anilines is 1. The van der Waals surface area contributed by atoms with Crippen LogP contribution >= 0.6 is 11.6 Å². The summed E-state index contributed by atoms with van der Waals surface area (Å²) in [4.78, 5) is 26.2. The topological polar surface area (TPSA) is 117 Å². The molecule has 3 atom stereocenters. The van der Waals surface area contributed by atoms with Crippen molar-refractivity contribution in [3.05, 3.63) is 81.9 Å². The van der Waals surface area contributed by atoms with Crippen LogP contribution in [0.25, 0.3) is 11.0 Å². The average Bonchev–Trinajstić information content (AvgIpc) is 3.29. The summed E-state index contributed by atoms with van der Waals surface area (Å²) in [6.45, 7) is 3.56. The zero-order valence-corrected chi connectivity index (χ0v) is 24.6. The molecule has 0 bridgehead atoms. The van der Waals surface area contributed by atoms with Gasteiger partial charge in [0.15, 0.2) is 0 Å². The number of aromatic nitrogens is 3. The zero-order valence-electron chi connectivity index (χ0n) is 23.8. The van der Waals surface area contributed by atoms with Gasteiger partial charge < -0.3 is 24.0 Å². The fourth-order valence-corrected chi connectivity index (χ4v) is 6.57. The van der Waals surface area contributed by atoms with Crippen LogP contribution in [0.15, 0.2) is 48.5 Å². The minimum Gasteiger partial charge on any atom is -0.478 e. The maximum absolute atomic E-state index is 14.3. The molecule has 0 radical (unpaired) electrons. The van der Waals surface area contributed by atoms with E-state index in [0.29, 0.717) is 36.1 Å². The molecule has 2 aromatic heterocycles. The molecular weight excluding hydrogens is 587 g/mol. The Morgan fingerprint density at radius 1 is 1.14 bits per heavy atom. The van der Waals surface area contributed by atoms with Gasteiger partial charge in [0.2, 0.25) is 5.88 Å². The lowest BCUT2D eigenvalue weighted by Crippen LogP contribution is -2.64. The van der Waals surface area contributed by atoms with Gasteiger partial charge in [0.05, 0.1) is 52.4 Å². The molecule has 44 heavy (non-hydrogen) atoms. The largest absolute Gasteiger partial charge is 0.478 e. The zero-order chi connectivity index (χ0) is 30.4. The van der Waals surface area contributed by atoms with E-state index in [0.717, 1.165) is 56.1 Å². The molecule has 1 N–H and O–H groups in total. The first-order valence-electron chi connectivity index (χ1n) is 14.7. The molecule has 0 unspecified atom stereocenters. The van der Waals surface area contributed by atoms with E-state index in [4.69, 9.17) is 36.3 Å². The Balaban J connectivity index is 1.07. The highest BCUT2D eigenvalue weighted by Gasteiger charge is 2.44. The number of nitriles is 1. The highest BCUT2D eigenvalue weighted by molar-refractivity contribution is 6.34. The van der Waals surface area contributed by atoms with Crippen molar-refractivity contribution in [1.29, 1.82) is 5.26 Å². The van der Waals surface area contributed by atoms with Gasteiger partial charge in [-0.05, 0) is 49.6 Å². The van der Waals surface area contributed by atoms with E-state index in [-0.39, 0.29) is 34.9 Å². The molecule has 12 heteroatoms. The minimum absolute atomic E-state index is 0.0138. The summed E-state index contributed by atoms with van der Waals surface area (Å²) in [5.74, 6) is 0.562. The van der Waals surface area contributed by atoms with Crippen LogP contribution in [0.4, 0.5) is 10.2 Å². The second-order valence-corrected chi connectivity index (χ2v) is 11.9. The third-order valence-corrected chi connectivity index (χ3v) is 9.24. The summed E-state index contributed by atoms with van der Waals surface area (Å²) in [6, 6.07) is 15.8. The number of aromatic carboxylic acids is 1. The van der Waals surface area contributed by atoms with Gasteiger partial charge in [-0.1, -0.05) is 23.7 Å². The monoisotopic (exact) mass is 616 g/mol. The number of halogens is 2. The first-order valence-corrected chi connectivity index (χ1v) is 15.1. The second kappa shape index (κ2) is 11.7. The summed E-state index contributed by atoms with van der Waals surface area (Å²) in [5.41, 5.74) is 2.12. The van der Waals surface area contributed by atoms with Crippen molar-refractivity contribution in [2.75, 3.05) is 24.6 Å². The summed E-state index contributed by atoms with van der Waals surface area (Å²) in [7, 11) is 0. The van der Waals surface area contributed by atoms with Crippen molar-refractivity contribution in [2.45, 2.75) is 57.1 Å². The number of benzene rings is 2. The number of ether oxygens (including phenoxy) is 2. The van der Waals surface area contributed by atoms with Gasteiger partial charge >= 0.3 is 5.97 Å². The molecule has 7 rings (SSSR count). The Morgan fingerprint density at radius 3 is 2.68 bits per heavy atom. The number of pyridine rings is 1. The van der Waals surface area contributed by atoms with Crippen LogP contribution in [-0.2, 0) is 24.4 Å². The SMILES string of the molecule is N#Cc1ccc(COc2cccc(N3CCN(Cc4nc5cc(Cl)c(C(=O)O)cc5n4C[C@H]4CCO4)[C@@H]4CC[C@@H]43)n2)c(F)c1. The van der Waals surface area contributed by atoms with Crippen LogP contribution in [0.2, 0.25) is 5.02 Å². The van der Waals surface area contributed by atoms with Crippen molar-refractivity contribution in [1.82, 2.24) is 19.4 Å². The van der Waals surface area contributed by atoms with Crippen molar-refractivity contribution < 1.29 is 23.8 Å². The normalized spacial score (nSPS) is 21.3. The number of hydrogen-bond acceptors (Lipinski definition) is 8. The highest BCUT2D eigenvalue weighted by atomic mass is 35.5. The van der Waals surface area contributed by atoms with Crippen LogP contribution in [0.3, 0.4) is 0 Å². The summed E-state index contributed by atoms with van der Waals surface area (Å²) < 4.78 is 28.0. The Morgan fingerprint density at radius 2 is 1.98 bits per heavy atom. The van der Waals surface area contributed by atoms with Crippen LogP contribution in [-0.4, -0.2) is 68.4 Å². The van der Waals surface area contributed by atoms with Crippen LogP contribution in [0.1, 0.15) is 46.6 Å². The molecule has 4 aromatic rings. The van der Waals surface area contributed by atoms with Crippen molar-refractivity contribution in [3.8, 4) is 11.9 Å². The Kier molecular flexibility index (Phi) is 7.58. The van der Waals surface area contributed by atoms with E-state index >= 15 is 0 Å². The predicted molar refractivity (Wildman–Crippen MR) is 160 cm³/mol. The number of carbonyl (C=O) groups is 1. The van der Waals surface area contributed by atoms with Gasteiger partial charge in [0.1, 0.15) is 24.1 Å². The fourth-order valence-electron chi connectivity index (χ4n) is 6.33. The maximum Gasteiger partial charge on any atom is 0.337 e. The van der Waals surface area contributed by atoms with Gasteiger partial charge in [-0.25, -0.2) is 14.2 Å². The third-order valence-electron chi connectivity index (χ3n) is 8.93. The number of rotatable bonds is 9. The van der Waals surface area contributed by atoms with Gasteiger partial charge in [0, 0.05) is 43.4 Å². The number of imidazole rings is 1. The van der Waals surface area contributed by atoms with E-state index in [9.17, 15) is 14.3 Å². The van der Waals surface area contributed by atoms with E-state index in [1.165, 1.54) is 6.07 Å². The molecule has 4 heterocycles. The predicted octanol–water partition coefficient (Wildman–Crippen LogP) is 5.01. The van der Waals surface area contributed by atoms with Crippen LogP contribution in [0, 0.1) is 17.1 Å². The molecule has 2 aromatic carbocycles. The number of nitrogens with zero attached hydrogens (tertiary/aromatic N) is 6. The third kappa shape index (κ3) is 5.34. The second-order valence-electron chi connectivity index (χ2n) is 11.5. The molecule has 2 aliphatic heterocycles. The minimum atomic E-state index is -1.07. The average molecular weight is 617 g/mol. The molecular formula is C32H30ClFN6O4. The molecule has 2 saturated heterocycles. The van der Waals surface area contributed by atoms with E-state index in [2.05, 4.69) is 14.4 Å². The number of carboxylic acids is 1. The quantitative estimate of drug-likeness (QED) is 0.277. The summed E-state index contributed by atoms with van der Waals surface area (Å²) in [5, 5.41) is 18.8. The lowest BCUT2D eigenvalue weighted by Gasteiger charge is -2.54. The van der Waals surface area contributed by atoms with Crippen molar-refractivity contribution in [2.24, 2.45) is 0 Å². The van der Waals surface area contributed by atoms with E-state index in [1.807, 2.05) is 18.2 Å². The standard InChI is InChI=1S/C32H30ClFN6O4/c33-23-14-25-28(13-22(23)32(41)42)40(16-21-8-11-43-21)30(36-25)17-38-9-10-39(27-7-6-26(27)38)29-2-1-3-31(37-29)44-18-20-5-4-19(15-35)12-24(20)34/h1-5,12-14,21,26-27H,6-11,16-18H2,(H,41,42)/t21-,26-,27+/m1/s1. The molecule has 1 saturated carbocycles. The molecule has 3 aliphatic rings. The fraction of sp³-hybridized carbons (Fsp3) is 0.375. The highest BCUT2D eigenvalue weighted by Crippen LogP contribution is 2.37. The van der Waals surface area contributed by atoms with Gasteiger partial charge in [-0.3, -0.25) is 4.90 Å². The molecule has 10 nitrogen and oxygen atoms in total. The Bertz CT molecular complexity index is 1790. The first-order chi connectivity index (χ1) is 21.4. The molecule has 226 valence electrons. The van der Waals surface area contributed by atoms with Crippen LogP contribution in [0.5, 0.6) is 5.88 Å². The summed E-state index contributed by atoms with van der Waals surface area (Å²) in [6.07, 6.45) is 3.13. The molecule has 1 aliphatic carbocycles. The lowest BCUT2D eigenvalue weighted by molar-refractivity contribution is -0.0594. The number of fused-ring (bicyclic) bond motifs is 2. The first kappa shape index (κ1) is 28.5. The smallest absolute Gasteiger partial charge is 0.337 e. The molecule has 3 fully saturated rings. The summed E-state index contributed by atoms with van der Waals surface area (Å²) >= 11 is 6.29. The van der Waals surface area contributed by atoms with Gasteiger partial charge in [0.25, 0.3) is 0 Å². The molecule has 0 amide bonds. The van der Waals surface area contributed by atoms with Crippen molar-refractivity contribution in [3.63, 3.8) is 0 Å². The maximum atomic E-state index is 14.3. The van der Waals surface area contributed by atoms with Gasteiger partial charge in [-0.2, -0.15) is 10.2 Å². The molecule has 0 spiro atoms. The Hall–Kier alpha value is -4.24. The Labute approximate surface area is 258 Å². The number of hydrogen-bond donors (Lipinski definition) is 1. The number of carboxylic acid groups (broad SMARTS) is 1.